The van der Waals surface area contributed by atoms with Gasteiger partial charge in [0.05, 0.1) is 23.4 Å². The number of nitrogens with one attached hydrogen (secondary N) is 1. The van der Waals surface area contributed by atoms with E-state index in [1.54, 1.807) is 16.2 Å². The highest BCUT2D eigenvalue weighted by molar-refractivity contribution is 7.17. The van der Waals surface area contributed by atoms with Crippen LogP contribution in [-0.2, 0) is 11.3 Å². The first-order valence-corrected chi connectivity index (χ1v) is 13.2. The number of hydrogen-bond donors (Lipinski definition) is 1. The van der Waals surface area contributed by atoms with E-state index in [1.807, 2.05) is 60.2 Å². The number of nitrogens with zero attached hydrogens (tertiary/aromatic N) is 2. The van der Waals surface area contributed by atoms with Crippen molar-refractivity contribution in [2.45, 2.75) is 65.1 Å². The van der Waals surface area contributed by atoms with E-state index in [-0.39, 0.29) is 17.9 Å². The molecule has 2 aliphatic rings. The van der Waals surface area contributed by atoms with Crippen molar-refractivity contribution >= 4 is 39.1 Å². The van der Waals surface area contributed by atoms with Crippen molar-refractivity contribution in [2.75, 3.05) is 11.5 Å². The van der Waals surface area contributed by atoms with Crippen molar-refractivity contribution in [1.29, 1.82) is 0 Å². The SMILES string of the molecule is CCOc1ccc(N2C(=O)c3cc4sccc4n3CC2(C)C(=O)NC2CCCC(C)C2C)cc1. The zero-order chi connectivity index (χ0) is 24.0. The summed E-state index contributed by atoms with van der Waals surface area (Å²) in [4.78, 5) is 29.6. The lowest BCUT2D eigenvalue weighted by Gasteiger charge is -2.45. The van der Waals surface area contributed by atoms with Crippen LogP contribution >= 0.6 is 11.3 Å². The Morgan fingerprint density at radius 3 is 2.71 bits per heavy atom. The van der Waals surface area contributed by atoms with Crippen LogP contribution in [0.5, 0.6) is 5.75 Å². The van der Waals surface area contributed by atoms with E-state index in [0.717, 1.165) is 28.8 Å². The monoisotopic (exact) mass is 479 g/mol. The molecule has 0 saturated heterocycles. The molecule has 2 aromatic heterocycles. The van der Waals surface area contributed by atoms with E-state index in [4.69, 9.17) is 4.74 Å². The molecule has 2 amide bonds. The van der Waals surface area contributed by atoms with E-state index in [0.29, 0.717) is 36.4 Å². The molecule has 3 aromatic rings. The third-order valence-corrected chi connectivity index (χ3v) is 8.68. The molecule has 34 heavy (non-hydrogen) atoms. The summed E-state index contributed by atoms with van der Waals surface area (Å²) >= 11 is 1.62. The highest BCUT2D eigenvalue weighted by Crippen LogP contribution is 2.38. The van der Waals surface area contributed by atoms with Gasteiger partial charge >= 0.3 is 0 Å². The van der Waals surface area contributed by atoms with E-state index in [1.165, 1.54) is 6.42 Å². The van der Waals surface area contributed by atoms with Crippen LogP contribution in [0.15, 0.2) is 41.8 Å². The Bertz CT molecular complexity index is 1210. The maximum Gasteiger partial charge on any atom is 0.275 e. The third-order valence-electron chi connectivity index (χ3n) is 7.82. The summed E-state index contributed by atoms with van der Waals surface area (Å²) in [5, 5.41) is 5.39. The van der Waals surface area contributed by atoms with Crippen LogP contribution in [0.4, 0.5) is 5.69 Å². The van der Waals surface area contributed by atoms with E-state index in [2.05, 4.69) is 19.2 Å². The fourth-order valence-electron chi connectivity index (χ4n) is 5.59. The number of benzene rings is 1. The highest BCUT2D eigenvalue weighted by atomic mass is 32.1. The van der Waals surface area contributed by atoms with Gasteiger partial charge in [-0.25, -0.2) is 0 Å². The Labute approximate surface area is 204 Å². The lowest BCUT2D eigenvalue weighted by Crippen LogP contribution is -2.66. The summed E-state index contributed by atoms with van der Waals surface area (Å²) in [5.41, 5.74) is 1.27. The first kappa shape index (κ1) is 23.0. The number of rotatable bonds is 5. The molecule has 4 atom stereocenters. The second-order valence-corrected chi connectivity index (χ2v) is 10.9. The average molecular weight is 480 g/mol. The van der Waals surface area contributed by atoms with Crippen molar-refractivity contribution in [1.82, 2.24) is 9.88 Å². The zero-order valence-corrected chi connectivity index (χ0v) is 21.2. The van der Waals surface area contributed by atoms with Crippen LogP contribution < -0.4 is 15.0 Å². The van der Waals surface area contributed by atoms with Crippen LogP contribution in [-0.4, -0.2) is 34.6 Å². The Morgan fingerprint density at radius 1 is 1.21 bits per heavy atom. The minimum Gasteiger partial charge on any atom is -0.494 e. The van der Waals surface area contributed by atoms with Crippen LogP contribution in [0.3, 0.4) is 0 Å². The molecule has 1 N–H and O–H groups in total. The Morgan fingerprint density at radius 2 is 1.97 bits per heavy atom. The number of carbonyl (C=O) groups excluding carboxylic acids is 2. The van der Waals surface area contributed by atoms with Gasteiger partial charge in [0.15, 0.2) is 0 Å². The summed E-state index contributed by atoms with van der Waals surface area (Å²) in [6, 6.07) is 11.6. The van der Waals surface area contributed by atoms with Crippen LogP contribution in [0.25, 0.3) is 10.2 Å². The predicted octanol–water partition coefficient (Wildman–Crippen LogP) is 5.46. The van der Waals surface area contributed by atoms with Gasteiger partial charge in [-0.2, -0.15) is 0 Å². The summed E-state index contributed by atoms with van der Waals surface area (Å²) in [7, 11) is 0. The fraction of sp³-hybridized carbons (Fsp3) is 0.481. The molecule has 3 heterocycles. The van der Waals surface area contributed by atoms with Gasteiger partial charge in [-0.15, -0.1) is 11.3 Å². The fourth-order valence-corrected chi connectivity index (χ4v) is 6.41. The van der Waals surface area contributed by atoms with Gasteiger partial charge < -0.3 is 14.6 Å². The molecule has 6 nitrogen and oxygen atoms in total. The lowest BCUT2D eigenvalue weighted by atomic mass is 9.77. The molecular formula is C27H33N3O3S. The molecule has 0 bridgehead atoms. The number of ether oxygens (including phenoxy) is 1. The van der Waals surface area contributed by atoms with Crippen LogP contribution in [0, 0.1) is 11.8 Å². The molecule has 1 aliphatic carbocycles. The van der Waals surface area contributed by atoms with Gasteiger partial charge in [0.2, 0.25) is 5.91 Å². The Hall–Kier alpha value is -2.80. The van der Waals surface area contributed by atoms with Crippen molar-refractivity contribution in [2.24, 2.45) is 11.8 Å². The highest BCUT2D eigenvalue weighted by Gasteiger charge is 2.49. The largest absolute Gasteiger partial charge is 0.494 e. The molecule has 1 aromatic carbocycles. The van der Waals surface area contributed by atoms with Crippen molar-refractivity contribution in [3.8, 4) is 5.75 Å². The van der Waals surface area contributed by atoms with E-state index < -0.39 is 5.54 Å². The minimum absolute atomic E-state index is 0.0941. The van der Waals surface area contributed by atoms with Crippen LogP contribution in [0.1, 0.15) is 57.4 Å². The van der Waals surface area contributed by atoms with Crippen molar-refractivity contribution in [3.63, 3.8) is 0 Å². The van der Waals surface area contributed by atoms with Gasteiger partial charge in [0, 0.05) is 11.7 Å². The molecule has 1 saturated carbocycles. The Balaban J connectivity index is 1.55. The maximum absolute atomic E-state index is 14.0. The van der Waals surface area contributed by atoms with Crippen molar-refractivity contribution < 1.29 is 14.3 Å². The number of hydrogen-bond acceptors (Lipinski definition) is 4. The first-order chi connectivity index (χ1) is 16.3. The molecule has 0 radical (unpaired) electrons. The number of amides is 2. The molecule has 7 heteroatoms. The minimum atomic E-state index is -1.06. The maximum atomic E-state index is 14.0. The molecule has 1 fully saturated rings. The third kappa shape index (κ3) is 3.70. The van der Waals surface area contributed by atoms with Gasteiger partial charge in [-0.3, -0.25) is 14.5 Å². The van der Waals surface area contributed by atoms with Gasteiger partial charge in [-0.05, 0) is 73.9 Å². The molecule has 180 valence electrons. The first-order valence-electron chi connectivity index (χ1n) is 12.3. The van der Waals surface area contributed by atoms with Gasteiger partial charge in [0.1, 0.15) is 17.0 Å². The number of carbonyl (C=O) groups is 2. The second kappa shape index (κ2) is 8.77. The zero-order valence-electron chi connectivity index (χ0n) is 20.3. The molecule has 0 spiro atoms. The number of thiophene rings is 1. The smallest absolute Gasteiger partial charge is 0.275 e. The summed E-state index contributed by atoms with van der Waals surface area (Å²) in [6.45, 7) is 9.31. The number of aromatic nitrogens is 1. The summed E-state index contributed by atoms with van der Waals surface area (Å²) in [6.07, 6.45) is 3.30. The standard InChI is InChI=1S/C27H33N3O3S/c1-5-33-20-11-9-19(10-12-20)30-25(31)23-15-24-22(13-14-34-24)29(23)16-27(30,4)26(32)28-21-8-6-7-17(2)18(21)3/h9-15,17-18,21H,5-8,16H2,1-4H3,(H,28,32). The lowest BCUT2D eigenvalue weighted by molar-refractivity contribution is -0.128. The summed E-state index contributed by atoms with van der Waals surface area (Å²) in [5.74, 6) is 1.48. The van der Waals surface area contributed by atoms with E-state index in [9.17, 15) is 9.59 Å². The van der Waals surface area contributed by atoms with Crippen LogP contribution in [0.2, 0.25) is 0 Å². The van der Waals surface area contributed by atoms with Crippen molar-refractivity contribution in [3.05, 3.63) is 47.5 Å². The summed E-state index contributed by atoms with van der Waals surface area (Å²) < 4.78 is 8.68. The number of fused-ring (bicyclic) bond motifs is 3. The van der Waals surface area contributed by atoms with E-state index >= 15 is 0 Å². The molecule has 5 rings (SSSR count). The normalized spacial score (nSPS) is 27.0. The molecule has 4 unspecified atom stereocenters. The Kier molecular flexibility index (Phi) is 5.92. The van der Waals surface area contributed by atoms with Gasteiger partial charge in [0.25, 0.3) is 5.91 Å². The van der Waals surface area contributed by atoms with Gasteiger partial charge in [-0.1, -0.05) is 26.7 Å². The molecular weight excluding hydrogens is 446 g/mol. The quantitative estimate of drug-likeness (QED) is 0.528. The second-order valence-electron chi connectivity index (χ2n) is 9.97. The topological polar surface area (TPSA) is 63.6 Å². The predicted molar refractivity (Wildman–Crippen MR) is 137 cm³/mol. The average Bonchev–Trinajstić information content (AvgIpc) is 3.41. The molecule has 1 aliphatic heterocycles. The number of anilines is 1.